The molecule has 0 bridgehead atoms. The minimum absolute atomic E-state index is 0.399. The Morgan fingerprint density at radius 3 is 2.32 bits per heavy atom. The Hall–Kier alpha value is -4.28. The van der Waals surface area contributed by atoms with Crippen molar-refractivity contribution < 1.29 is 27.5 Å². The number of nitrogens with one attached hydrogen (secondary N) is 1. The molecule has 0 fully saturated rings. The van der Waals surface area contributed by atoms with Crippen LogP contribution < -0.4 is 9.46 Å². The molecule has 0 saturated carbocycles. The Morgan fingerprint density at radius 2 is 1.66 bits per heavy atom. The van der Waals surface area contributed by atoms with Crippen LogP contribution in [0.3, 0.4) is 0 Å². The Morgan fingerprint density at radius 1 is 1.00 bits per heavy atom. The molecule has 1 amide bonds. The van der Waals surface area contributed by atoms with Crippen LogP contribution in [0.15, 0.2) is 95.4 Å². The zero-order valence-electron chi connectivity index (χ0n) is 20.7. The van der Waals surface area contributed by atoms with Gasteiger partial charge in [0.05, 0.1) is 18.9 Å². The van der Waals surface area contributed by atoms with E-state index in [1.54, 1.807) is 43.5 Å². The highest BCUT2D eigenvalue weighted by molar-refractivity contribution is 7.92. The first-order chi connectivity index (χ1) is 18.3. The third kappa shape index (κ3) is 7.15. The van der Waals surface area contributed by atoms with Gasteiger partial charge >= 0.3 is 5.97 Å². The smallest absolute Gasteiger partial charge is 0.321 e. The second kappa shape index (κ2) is 12.3. The van der Waals surface area contributed by atoms with Gasteiger partial charge in [-0.3, -0.25) is 9.59 Å². The van der Waals surface area contributed by atoms with E-state index in [1.807, 2.05) is 48.5 Å². The number of nitrogens with zero attached hydrogens (tertiary/aromatic N) is 2. The molecule has 0 unspecified atom stereocenters. The number of hydrogen-bond donors (Lipinski definition) is 1. The first-order valence-corrected chi connectivity index (χ1v) is 13.4. The average molecular weight is 534 g/mol. The van der Waals surface area contributed by atoms with Crippen LogP contribution >= 0.6 is 0 Å². The van der Waals surface area contributed by atoms with E-state index in [-0.39, 0.29) is 0 Å². The number of methoxy groups -OCH3 is 1. The standard InChI is InChI=1S/C28H27N3O6S/c1-36-24-14-12-23(13-15-24)26-18-25(22-10-6-3-7-11-22)30-31(26)27(32)20-37-28(33)19-29-38(34,35)17-16-21-8-4-2-5-9-21/h2-17,26,29H,18-20H2,1H3/b17-16+/t26-/m1/s1. The SMILES string of the molecule is COc1ccc([C@H]2CC(c3ccccc3)=NN2C(=O)COC(=O)CNS(=O)(=O)/C=C/c2ccccc2)cc1. The maximum Gasteiger partial charge on any atom is 0.321 e. The topological polar surface area (TPSA) is 114 Å². The van der Waals surface area contributed by atoms with Gasteiger partial charge in [0, 0.05) is 11.8 Å². The number of carbonyl (C=O) groups is 2. The van der Waals surface area contributed by atoms with E-state index in [1.165, 1.54) is 11.1 Å². The van der Waals surface area contributed by atoms with Gasteiger partial charge in [-0.15, -0.1) is 0 Å². The molecule has 1 aliphatic rings. The lowest BCUT2D eigenvalue weighted by molar-refractivity contribution is -0.151. The van der Waals surface area contributed by atoms with Crippen molar-refractivity contribution in [3.63, 3.8) is 0 Å². The van der Waals surface area contributed by atoms with Crippen LogP contribution in [0, 0.1) is 0 Å². The van der Waals surface area contributed by atoms with E-state index in [4.69, 9.17) is 9.47 Å². The zero-order valence-corrected chi connectivity index (χ0v) is 21.5. The molecule has 196 valence electrons. The molecule has 0 spiro atoms. The van der Waals surface area contributed by atoms with Gasteiger partial charge < -0.3 is 9.47 Å². The molecule has 3 aromatic carbocycles. The largest absolute Gasteiger partial charge is 0.497 e. The fourth-order valence-corrected chi connectivity index (χ4v) is 4.58. The molecule has 4 rings (SSSR count). The van der Waals surface area contributed by atoms with Crippen molar-refractivity contribution in [1.82, 2.24) is 9.73 Å². The molecule has 1 heterocycles. The van der Waals surface area contributed by atoms with Gasteiger partial charge in [0.2, 0.25) is 10.0 Å². The molecule has 0 aromatic heterocycles. The van der Waals surface area contributed by atoms with Crippen LogP contribution in [-0.2, 0) is 24.3 Å². The molecule has 1 atom stereocenters. The molecule has 1 N–H and O–H groups in total. The quantitative estimate of drug-likeness (QED) is 0.399. The number of esters is 1. The van der Waals surface area contributed by atoms with Crippen molar-refractivity contribution in [3.8, 4) is 5.75 Å². The van der Waals surface area contributed by atoms with Gasteiger partial charge in [0.15, 0.2) is 6.61 Å². The zero-order chi connectivity index (χ0) is 27.0. The molecule has 0 aliphatic carbocycles. The average Bonchev–Trinajstić information content (AvgIpc) is 3.41. The van der Waals surface area contributed by atoms with E-state index >= 15 is 0 Å². The summed E-state index contributed by atoms with van der Waals surface area (Å²) in [7, 11) is -2.30. The summed E-state index contributed by atoms with van der Waals surface area (Å²) in [6.07, 6.45) is 1.88. The third-order valence-corrected chi connectivity index (χ3v) is 6.83. The van der Waals surface area contributed by atoms with Crippen LogP contribution in [0.4, 0.5) is 0 Å². The van der Waals surface area contributed by atoms with Gasteiger partial charge in [-0.2, -0.15) is 5.10 Å². The molecule has 9 nitrogen and oxygen atoms in total. The normalized spacial score (nSPS) is 15.3. The van der Waals surface area contributed by atoms with Crippen molar-refractivity contribution in [2.24, 2.45) is 5.10 Å². The number of hydrazone groups is 1. The van der Waals surface area contributed by atoms with Crippen molar-refractivity contribution in [2.45, 2.75) is 12.5 Å². The molecule has 1 aliphatic heterocycles. The summed E-state index contributed by atoms with van der Waals surface area (Å²) in [5.41, 5.74) is 3.15. The first kappa shape index (κ1) is 26.8. The van der Waals surface area contributed by atoms with Crippen LogP contribution in [-0.4, -0.2) is 51.3 Å². The van der Waals surface area contributed by atoms with Crippen molar-refractivity contribution in [2.75, 3.05) is 20.3 Å². The predicted molar refractivity (Wildman–Crippen MR) is 144 cm³/mol. The fourth-order valence-electron chi connectivity index (χ4n) is 3.83. The highest BCUT2D eigenvalue weighted by Crippen LogP contribution is 2.33. The predicted octanol–water partition coefficient (Wildman–Crippen LogP) is 3.51. The number of ether oxygens (including phenoxy) is 2. The summed E-state index contributed by atoms with van der Waals surface area (Å²) in [5.74, 6) is -0.733. The highest BCUT2D eigenvalue weighted by Gasteiger charge is 2.33. The van der Waals surface area contributed by atoms with Crippen molar-refractivity contribution in [3.05, 3.63) is 107 Å². The van der Waals surface area contributed by atoms with E-state index in [2.05, 4.69) is 9.82 Å². The number of rotatable bonds is 10. The van der Waals surface area contributed by atoms with Crippen molar-refractivity contribution in [1.29, 1.82) is 0 Å². The first-order valence-electron chi connectivity index (χ1n) is 11.8. The Labute approximate surface area is 221 Å². The second-order valence-electron chi connectivity index (χ2n) is 8.38. The monoisotopic (exact) mass is 533 g/mol. The molecule has 10 heteroatoms. The lowest BCUT2D eigenvalue weighted by Gasteiger charge is -2.22. The molecular weight excluding hydrogens is 506 g/mol. The minimum Gasteiger partial charge on any atom is -0.497 e. The number of carbonyl (C=O) groups excluding carboxylic acids is 2. The Bertz CT molecular complexity index is 1420. The van der Waals surface area contributed by atoms with Crippen molar-refractivity contribution >= 4 is 33.7 Å². The fraction of sp³-hybridized carbons (Fsp3) is 0.179. The van der Waals surface area contributed by atoms with Gasteiger partial charge in [-0.1, -0.05) is 72.8 Å². The number of benzene rings is 3. The molecular formula is C28H27N3O6S. The third-order valence-electron chi connectivity index (χ3n) is 5.79. The number of hydrogen-bond acceptors (Lipinski definition) is 7. The van der Waals surface area contributed by atoms with Crippen LogP contribution in [0.2, 0.25) is 0 Å². The summed E-state index contributed by atoms with van der Waals surface area (Å²) >= 11 is 0. The summed E-state index contributed by atoms with van der Waals surface area (Å²) in [6.45, 7) is -1.20. The van der Waals surface area contributed by atoms with Gasteiger partial charge in [0.1, 0.15) is 12.3 Å². The lowest BCUT2D eigenvalue weighted by Crippen LogP contribution is -2.34. The highest BCUT2D eigenvalue weighted by atomic mass is 32.2. The summed E-state index contributed by atoms with van der Waals surface area (Å²) in [6, 6.07) is 25.3. The maximum atomic E-state index is 13.1. The van der Waals surface area contributed by atoms with Gasteiger partial charge in [-0.25, -0.2) is 18.1 Å². The Balaban J connectivity index is 1.38. The number of sulfonamides is 1. The minimum atomic E-state index is -3.88. The van der Waals surface area contributed by atoms with E-state index in [9.17, 15) is 18.0 Å². The van der Waals surface area contributed by atoms with Crippen LogP contribution in [0.5, 0.6) is 5.75 Å². The molecule has 0 radical (unpaired) electrons. The van der Waals surface area contributed by atoms with Gasteiger partial charge in [-0.05, 0) is 34.9 Å². The molecule has 3 aromatic rings. The summed E-state index contributed by atoms with van der Waals surface area (Å²) in [5, 5.41) is 6.80. The van der Waals surface area contributed by atoms with E-state index in [0.717, 1.165) is 22.2 Å². The molecule has 38 heavy (non-hydrogen) atoms. The van der Waals surface area contributed by atoms with Crippen LogP contribution in [0.1, 0.15) is 29.2 Å². The lowest BCUT2D eigenvalue weighted by atomic mass is 9.98. The maximum absolute atomic E-state index is 13.1. The summed E-state index contributed by atoms with van der Waals surface area (Å²) in [4.78, 5) is 25.3. The molecule has 0 saturated heterocycles. The van der Waals surface area contributed by atoms with E-state index in [0.29, 0.717) is 17.7 Å². The summed E-state index contributed by atoms with van der Waals surface area (Å²) < 4.78 is 36.8. The Kier molecular flexibility index (Phi) is 8.67. The van der Waals surface area contributed by atoms with Crippen LogP contribution in [0.25, 0.3) is 6.08 Å². The number of amides is 1. The van der Waals surface area contributed by atoms with Gasteiger partial charge in [0.25, 0.3) is 5.91 Å². The second-order valence-corrected chi connectivity index (χ2v) is 10.0. The van der Waals surface area contributed by atoms with E-state index < -0.39 is 41.1 Å².